The van der Waals surface area contributed by atoms with Crippen molar-refractivity contribution < 1.29 is 18.8 Å². The minimum absolute atomic E-state index is 0.238. The summed E-state index contributed by atoms with van der Waals surface area (Å²) >= 11 is 12.1. The monoisotopic (exact) mass is 440 g/mol. The van der Waals surface area contributed by atoms with Crippen LogP contribution < -0.4 is 10.2 Å². The molecule has 0 atom stereocenters. The van der Waals surface area contributed by atoms with Gasteiger partial charge in [0.2, 0.25) is 0 Å². The van der Waals surface area contributed by atoms with Gasteiger partial charge in [0.05, 0.1) is 5.69 Å². The highest BCUT2D eigenvalue weighted by atomic mass is 35.5. The SMILES string of the molecule is Cc1ccc(N2C(=O)NC(=O)/C(=C/c3ccc(-c4cccc(Cl)c4)o3)C2=O)cc1Cl. The maximum atomic E-state index is 12.9. The molecule has 0 radical (unpaired) electrons. The van der Waals surface area contributed by atoms with Crippen LogP contribution in [-0.2, 0) is 9.59 Å². The number of rotatable bonds is 3. The fourth-order valence-electron chi connectivity index (χ4n) is 2.98. The van der Waals surface area contributed by atoms with Gasteiger partial charge < -0.3 is 4.42 Å². The number of carbonyl (C=O) groups excluding carboxylic acids is 3. The van der Waals surface area contributed by atoms with Gasteiger partial charge in [0.15, 0.2) is 0 Å². The Morgan fingerprint density at radius 3 is 2.53 bits per heavy atom. The lowest BCUT2D eigenvalue weighted by Crippen LogP contribution is -2.54. The summed E-state index contributed by atoms with van der Waals surface area (Å²) in [5, 5.41) is 3.11. The Bertz CT molecular complexity index is 1230. The molecular formula is C22H14Cl2N2O4. The van der Waals surface area contributed by atoms with Crippen LogP contribution in [0.5, 0.6) is 0 Å². The first-order valence-electron chi connectivity index (χ1n) is 8.87. The summed E-state index contributed by atoms with van der Waals surface area (Å²) < 4.78 is 5.73. The second-order valence-electron chi connectivity index (χ2n) is 6.60. The van der Waals surface area contributed by atoms with Crippen molar-refractivity contribution in [1.29, 1.82) is 0 Å². The molecule has 1 fully saturated rings. The number of hydrogen-bond donors (Lipinski definition) is 1. The van der Waals surface area contributed by atoms with Crippen LogP contribution in [0.2, 0.25) is 10.0 Å². The standard InChI is InChI=1S/C22H14Cl2N2O4/c1-12-5-6-15(10-18(12)24)26-21(28)17(20(27)25-22(26)29)11-16-7-8-19(30-16)13-3-2-4-14(23)9-13/h2-11H,1H3,(H,25,27,29)/b17-11-. The molecule has 1 N–H and O–H groups in total. The van der Waals surface area contributed by atoms with Crippen molar-refractivity contribution in [3.05, 3.63) is 81.5 Å². The van der Waals surface area contributed by atoms with Gasteiger partial charge in [-0.05, 0) is 55.0 Å². The predicted molar refractivity (Wildman–Crippen MR) is 114 cm³/mol. The number of hydrogen-bond acceptors (Lipinski definition) is 4. The third kappa shape index (κ3) is 3.75. The zero-order valence-electron chi connectivity index (χ0n) is 15.6. The van der Waals surface area contributed by atoms with Gasteiger partial charge in [-0.1, -0.05) is 41.4 Å². The Hall–Kier alpha value is -3.35. The molecule has 0 unspecified atom stereocenters. The summed E-state index contributed by atoms with van der Waals surface area (Å²) in [5.74, 6) is -0.782. The van der Waals surface area contributed by atoms with Gasteiger partial charge in [0.1, 0.15) is 17.1 Å². The van der Waals surface area contributed by atoms with Gasteiger partial charge in [0, 0.05) is 15.6 Å². The molecule has 1 saturated heterocycles. The normalized spacial score (nSPS) is 15.6. The largest absolute Gasteiger partial charge is 0.457 e. The molecular weight excluding hydrogens is 427 g/mol. The third-order valence-corrected chi connectivity index (χ3v) is 5.18. The molecule has 1 aliphatic rings. The fraction of sp³-hybridized carbons (Fsp3) is 0.0455. The van der Waals surface area contributed by atoms with Crippen molar-refractivity contribution in [2.75, 3.05) is 4.90 Å². The van der Waals surface area contributed by atoms with Crippen molar-refractivity contribution in [2.24, 2.45) is 0 Å². The number of furan rings is 1. The molecule has 3 aromatic rings. The van der Waals surface area contributed by atoms with E-state index in [1.54, 1.807) is 49.4 Å². The number of amides is 4. The highest BCUT2D eigenvalue weighted by Crippen LogP contribution is 2.28. The molecule has 0 spiro atoms. The van der Waals surface area contributed by atoms with Gasteiger partial charge in [-0.15, -0.1) is 0 Å². The lowest BCUT2D eigenvalue weighted by Gasteiger charge is -2.26. The van der Waals surface area contributed by atoms with Crippen LogP contribution in [0.4, 0.5) is 10.5 Å². The second kappa shape index (κ2) is 7.82. The van der Waals surface area contributed by atoms with E-state index in [2.05, 4.69) is 5.32 Å². The van der Waals surface area contributed by atoms with Gasteiger partial charge in [-0.3, -0.25) is 14.9 Å². The van der Waals surface area contributed by atoms with E-state index < -0.39 is 17.8 Å². The summed E-state index contributed by atoms with van der Waals surface area (Å²) in [6, 6.07) is 14.3. The van der Waals surface area contributed by atoms with E-state index in [1.165, 1.54) is 12.1 Å². The van der Waals surface area contributed by atoms with Crippen LogP contribution in [0.15, 0.2) is 64.6 Å². The molecule has 4 rings (SSSR count). The Morgan fingerprint density at radius 2 is 1.80 bits per heavy atom. The summed E-state index contributed by atoms with van der Waals surface area (Å²) in [6.45, 7) is 1.80. The number of nitrogens with zero attached hydrogens (tertiary/aromatic N) is 1. The number of carbonyl (C=O) groups is 3. The molecule has 8 heteroatoms. The number of urea groups is 1. The first-order valence-corrected chi connectivity index (χ1v) is 9.62. The molecule has 6 nitrogen and oxygen atoms in total. The summed E-state index contributed by atoms with van der Waals surface area (Å²) in [7, 11) is 0. The second-order valence-corrected chi connectivity index (χ2v) is 7.45. The van der Waals surface area contributed by atoms with Gasteiger partial charge >= 0.3 is 6.03 Å². The first-order chi connectivity index (χ1) is 14.3. The molecule has 1 aliphatic heterocycles. The summed E-state index contributed by atoms with van der Waals surface area (Å²) in [6.07, 6.45) is 1.29. The minimum atomic E-state index is -0.846. The van der Waals surface area contributed by atoms with Crippen LogP contribution >= 0.6 is 23.2 Å². The van der Waals surface area contributed by atoms with Gasteiger partial charge in [0.25, 0.3) is 11.8 Å². The molecule has 2 aromatic carbocycles. The lowest BCUT2D eigenvalue weighted by molar-refractivity contribution is -0.122. The third-order valence-electron chi connectivity index (χ3n) is 4.54. The van der Waals surface area contributed by atoms with Gasteiger partial charge in [-0.25, -0.2) is 9.69 Å². The smallest absolute Gasteiger partial charge is 0.335 e. The van der Waals surface area contributed by atoms with E-state index in [1.807, 2.05) is 6.07 Å². The predicted octanol–water partition coefficient (Wildman–Crippen LogP) is 5.23. The van der Waals surface area contributed by atoms with Crippen molar-refractivity contribution in [1.82, 2.24) is 5.32 Å². The maximum absolute atomic E-state index is 12.9. The van der Waals surface area contributed by atoms with Crippen LogP contribution in [0.25, 0.3) is 17.4 Å². The van der Waals surface area contributed by atoms with Crippen LogP contribution in [0, 0.1) is 6.92 Å². The van der Waals surface area contributed by atoms with Crippen molar-refractivity contribution >= 4 is 52.8 Å². The van der Waals surface area contributed by atoms with E-state index in [4.69, 9.17) is 27.6 Å². The fourth-order valence-corrected chi connectivity index (χ4v) is 3.35. The summed E-state index contributed by atoms with van der Waals surface area (Å²) in [5.41, 5.74) is 1.56. The molecule has 2 heterocycles. The van der Waals surface area contributed by atoms with Crippen LogP contribution in [0.1, 0.15) is 11.3 Å². The summed E-state index contributed by atoms with van der Waals surface area (Å²) in [4.78, 5) is 38.4. The number of barbiturate groups is 1. The van der Waals surface area contributed by atoms with Crippen LogP contribution in [0.3, 0.4) is 0 Å². The van der Waals surface area contributed by atoms with E-state index in [9.17, 15) is 14.4 Å². The molecule has 0 bridgehead atoms. The van der Waals surface area contributed by atoms with E-state index in [-0.39, 0.29) is 17.0 Å². The minimum Gasteiger partial charge on any atom is -0.457 e. The highest BCUT2D eigenvalue weighted by molar-refractivity contribution is 6.39. The van der Waals surface area contributed by atoms with Gasteiger partial charge in [-0.2, -0.15) is 0 Å². The molecule has 150 valence electrons. The van der Waals surface area contributed by atoms with Crippen LogP contribution in [-0.4, -0.2) is 17.8 Å². The molecule has 30 heavy (non-hydrogen) atoms. The topological polar surface area (TPSA) is 79.6 Å². The van der Waals surface area contributed by atoms with E-state index in [0.29, 0.717) is 15.8 Å². The Morgan fingerprint density at radius 1 is 1.00 bits per heavy atom. The number of nitrogens with one attached hydrogen (secondary N) is 1. The number of aryl methyl sites for hydroxylation is 1. The number of benzene rings is 2. The lowest BCUT2D eigenvalue weighted by atomic mass is 10.1. The highest BCUT2D eigenvalue weighted by Gasteiger charge is 2.37. The zero-order valence-corrected chi connectivity index (χ0v) is 17.1. The number of imide groups is 2. The van der Waals surface area contributed by atoms with Crippen molar-refractivity contribution in [3.8, 4) is 11.3 Å². The number of halogens is 2. The van der Waals surface area contributed by atoms with Crippen molar-refractivity contribution in [2.45, 2.75) is 6.92 Å². The first kappa shape index (κ1) is 19.9. The average molecular weight is 441 g/mol. The van der Waals surface area contributed by atoms with E-state index in [0.717, 1.165) is 16.0 Å². The molecule has 4 amide bonds. The Balaban J connectivity index is 1.68. The molecule has 0 saturated carbocycles. The zero-order chi connectivity index (χ0) is 21.4. The molecule has 1 aromatic heterocycles. The Kier molecular flexibility index (Phi) is 5.20. The quantitative estimate of drug-likeness (QED) is 0.446. The Labute approximate surface area is 181 Å². The van der Waals surface area contributed by atoms with E-state index >= 15 is 0 Å². The van der Waals surface area contributed by atoms with Crippen molar-refractivity contribution in [3.63, 3.8) is 0 Å². The average Bonchev–Trinajstić information content (AvgIpc) is 3.16. The number of anilines is 1. The maximum Gasteiger partial charge on any atom is 0.335 e. The molecule has 0 aliphatic carbocycles.